The summed E-state index contributed by atoms with van der Waals surface area (Å²) in [5.41, 5.74) is 6.92. The zero-order chi connectivity index (χ0) is 12.4. The third kappa shape index (κ3) is 2.66. The van der Waals surface area contributed by atoms with Crippen LogP contribution in [-0.2, 0) is 4.79 Å². The van der Waals surface area contributed by atoms with Gasteiger partial charge in [0.25, 0.3) is 0 Å². The smallest absolute Gasteiger partial charge is 0.243 e. The van der Waals surface area contributed by atoms with Crippen molar-refractivity contribution >= 4 is 5.91 Å². The summed E-state index contributed by atoms with van der Waals surface area (Å²) in [5.74, 6) is 0.0510. The number of rotatable bonds is 5. The van der Waals surface area contributed by atoms with E-state index in [9.17, 15) is 4.79 Å². The van der Waals surface area contributed by atoms with Crippen LogP contribution in [0, 0.1) is 0 Å². The Morgan fingerprint density at radius 2 is 2.41 bits per heavy atom. The standard InChI is InChI=1S/C12H20N4O/c1-3-10(13)11-6-14-7-16(11)8(2)12(17)15-9-4-5-9/h6-10H,3-5,13H2,1-2H3,(H,15,17)/t8?,10-/m1/s1. The highest BCUT2D eigenvalue weighted by Gasteiger charge is 2.27. The molecule has 1 aromatic rings. The predicted octanol–water partition coefficient (Wildman–Crippen LogP) is 1.13. The first-order valence-electron chi connectivity index (χ1n) is 6.21. The Kier molecular flexibility index (Phi) is 3.47. The molecule has 1 saturated carbocycles. The number of nitrogens with zero attached hydrogens (tertiary/aromatic N) is 2. The van der Waals surface area contributed by atoms with Crippen molar-refractivity contribution in [3.05, 3.63) is 18.2 Å². The molecule has 1 heterocycles. The summed E-state index contributed by atoms with van der Waals surface area (Å²) in [6.45, 7) is 3.90. The predicted molar refractivity (Wildman–Crippen MR) is 65.3 cm³/mol. The Labute approximate surface area is 101 Å². The maximum atomic E-state index is 12.0. The first kappa shape index (κ1) is 12.1. The van der Waals surface area contributed by atoms with Gasteiger partial charge in [0.2, 0.25) is 5.91 Å². The van der Waals surface area contributed by atoms with E-state index in [1.807, 2.05) is 18.4 Å². The largest absolute Gasteiger partial charge is 0.352 e. The summed E-state index contributed by atoms with van der Waals surface area (Å²) in [5, 5.41) is 3.00. The van der Waals surface area contributed by atoms with Crippen LogP contribution >= 0.6 is 0 Å². The van der Waals surface area contributed by atoms with E-state index < -0.39 is 0 Å². The fraction of sp³-hybridized carbons (Fsp3) is 0.667. The second-order valence-corrected chi connectivity index (χ2v) is 4.70. The highest BCUT2D eigenvalue weighted by molar-refractivity contribution is 5.80. The van der Waals surface area contributed by atoms with Crippen LogP contribution in [0.3, 0.4) is 0 Å². The third-order valence-electron chi connectivity index (χ3n) is 3.24. The molecule has 94 valence electrons. The van der Waals surface area contributed by atoms with Crippen molar-refractivity contribution in [3.8, 4) is 0 Å². The first-order chi connectivity index (χ1) is 8.13. The topological polar surface area (TPSA) is 72.9 Å². The highest BCUT2D eigenvalue weighted by Crippen LogP contribution is 2.22. The summed E-state index contributed by atoms with van der Waals surface area (Å²) >= 11 is 0. The van der Waals surface area contributed by atoms with Crippen LogP contribution in [0.2, 0.25) is 0 Å². The van der Waals surface area contributed by atoms with Gasteiger partial charge in [-0.3, -0.25) is 4.79 Å². The molecule has 3 N–H and O–H groups in total. The van der Waals surface area contributed by atoms with Gasteiger partial charge in [0.05, 0.1) is 12.0 Å². The van der Waals surface area contributed by atoms with Gasteiger partial charge in [0.15, 0.2) is 0 Å². The maximum absolute atomic E-state index is 12.0. The molecule has 0 spiro atoms. The summed E-state index contributed by atoms with van der Waals surface area (Å²) in [6.07, 6.45) is 6.47. The Morgan fingerprint density at radius 1 is 1.71 bits per heavy atom. The number of amides is 1. The van der Waals surface area contributed by atoms with Crippen molar-refractivity contribution in [1.82, 2.24) is 14.9 Å². The number of hydrogen-bond acceptors (Lipinski definition) is 3. The van der Waals surface area contributed by atoms with Gasteiger partial charge in [-0.25, -0.2) is 4.98 Å². The van der Waals surface area contributed by atoms with Gasteiger partial charge in [-0.05, 0) is 26.2 Å². The van der Waals surface area contributed by atoms with Gasteiger partial charge < -0.3 is 15.6 Å². The maximum Gasteiger partial charge on any atom is 0.243 e. The Balaban J connectivity index is 2.09. The average molecular weight is 236 g/mol. The molecule has 2 rings (SSSR count). The molecular weight excluding hydrogens is 216 g/mol. The molecule has 0 aromatic carbocycles. The number of carbonyl (C=O) groups is 1. The number of nitrogens with two attached hydrogens (primary N) is 1. The van der Waals surface area contributed by atoms with Crippen LogP contribution in [0.25, 0.3) is 0 Å². The lowest BCUT2D eigenvalue weighted by molar-refractivity contribution is -0.124. The lowest BCUT2D eigenvalue weighted by Crippen LogP contribution is -2.33. The van der Waals surface area contributed by atoms with Crippen LogP contribution < -0.4 is 11.1 Å². The Bertz CT molecular complexity index is 397. The lowest BCUT2D eigenvalue weighted by atomic mass is 10.1. The van der Waals surface area contributed by atoms with E-state index in [4.69, 9.17) is 5.73 Å². The number of aromatic nitrogens is 2. The molecule has 1 unspecified atom stereocenters. The van der Waals surface area contributed by atoms with Crippen molar-refractivity contribution in [2.75, 3.05) is 0 Å². The first-order valence-corrected chi connectivity index (χ1v) is 6.21. The number of imidazole rings is 1. The molecule has 0 bridgehead atoms. The second-order valence-electron chi connectivity index (χ2n) is 4.70. The Hall–Kier alpha value is -1.36. The zero-order valence-corrected chi connectivity index (χ0v) is 10.4. The minimum absolute atomic E-state index is 0.0510. The van der Waals surface area contributed by atoms with Gasteiger partial charge >= 0.3 is 0 Å². The molecule has 0 aliphatic heterocycles. The van der Waals surface area contributed by atoms with Crippen LogP contribution in [0.5, 0.6) is 0 Å². The fourth-order valence-corrected chi connectivity index (χ4v) is 1.81. The SMILES string of the molecule is CC[C@@H](N)c1cncn1C(C)C(=O)NC1CC1. The molecule has 1 aromatic heterocycles. The van der Waals surface area contributed by atoms with E-state index in [1.165, 1.54) is 0 Å². The monoisotopic (exact) mass is 236 g/mol. The van der Waals surface area contributed by atoms with E-state index in [0.29, 0.717) is 6.04 Å². The summed E-state index contributed by atoms with van der Waals surface area (Å²) in [7, 11) is 0. The summed E-state index contributed by atoms with van der Waals surface area (Å²) in [4.78, 5) is 16.0. The molecule has 17 heavy (non-hydrogen) atoms. The fourth-order valence-electron chi connectivity index (χ4n) is 1.81. The van der Waals surface area contributed by atoms with Gasteiger partial charge in [-0.2, -0.15) is 0 Å². The normalized spacial score (nSPS) is 18.8. The van der Waals surface area contributed by atoms with Gasteiger partial charge in [0.1, 0.15) is 6.04 Å². The van der Waals surface area contributed by atoms with Gasteiger partial charge in [-0.1, -0.05) is 6.92 Å². The molecule has 1 aliphatic rings. The van der Waals surface area contributed by atoms with Gasteiger partial charge in [0, 0.05) is 18.3 Å². The molecule has 1 amide bonds. The molecule has 0 radical (unpaired) electrons. The molecule has 1 fully saturated rings. The van der Waals surface area contributed by atoms with Crippen molar-refractivity contribution in [3.63, 3.8) is 0 Å². The van der Waals surface area contributed by atoms with Crippen LogP contribution in [0.1, 0.15) is 50.9 Å². The van der Waals surface area contributed by atoms with Crippen LogP contribution in [0.15, 0.2) is 12.5 Å². The molecule has 5 heteroatoms. The minimum Gasteiger partial charge on any atom is -0.352 e. The van der Waals surface area contributed by atoms with E-state index in [0.717, 1.165) is 25.0 Å². The highest BCUT2D eigenvalue weighted by atomic mass is 16.2. The van der Waals surface area contributed by atoms with E-state index in [1.54, 1.807) is 12.5 Å². The number of carbonyl (C=O) groups excluding carboxylic acids is 1. The van der Waals surface area contributed by atoms with Crippen molar-refractivity contribution in [2.45, 2.75) is 51.2 Å². The van der Waals surface area contributed by atoms with Crippen molar-refractivity contribution in [2.24, 2.45) is 5.73 Å². The average Bonchev–Trinajstić information content (AvgIpc) is 3.00. The van der Waals surface area contributed by atoms with Crippen LogP contribution in [-0.4, -0.2) is 21.5 Å². The molecule has 0 saturated heterocycles. The minimum atomic E-state index is -0.245. The van der Waals surface area contributed by atoms with Crippen molar-refractivity contribution in [1.29, 1.82) is 0 Å². The molecule has 1 aliphatic carbocycles. The number of nitrogens with one attached hydrogen (secondary N) is 1. The Morgan fingerprint density at radius 3 is 3.00 bits per heavy atom. The third-order valence-corrected chi connectivity index (χ3v) is 3.24. The molecular formula is C12H20N4O. The van der Waals surface area contributed by atoms with E-state index in [-0.39, 0.29) is 18.0 Å². The van der Waals surface area contributed by atoms with Crippen LogP contribution in [0.4, 0.5) is 0 Å². The summed E-state index contributed by atoms with van der Waals surface area (Å²) < 4.78 is 1.87. The quantitative estimate of drug-likeness (QED) is 0.805. The summed E-state index contributed by atoms with van der Waals surface area (Å²) in [6, 6.07) is 0.0798. The molecule has 5 nitrogen and oxygen atoms in total. The van der Waals surface area contributed by atoms with Crippen molar-refractivity contribution < 1.29 is 4.79 Å². The number of hydrogen-bond donors (Lipinski definition) is 2. The van der Waals surface area contributed by atoms with Gasteiger partial charge in [-0.15, -0.1) is 0 Å². The zero-order valence-electron chi connectivity index (χ0n) is 10.4. The molecule has 2 atom stereocenters. The van der Waals surface area contributed by atoms with E-state index in [2.05, 4.69) is 10.3 Å². The van der Waals surface area contributed by atoms with E-state index >= 15 is 0 Å². The lowest BCUT2D eigenvalue weighted by Gasteiger charge is -2.18. The second kappa shape index (κ2) is 4.87.